The van der Waals surface area contributed by atoms with Crippen molar-refractivity contribution >= 4 is 11.3 Å². The zero-order valence-electron chi connectivity index (χ0n) is 10.5. The molecule has 1 N–H and O–H groups in total. The molecule has 1 saturated carbocycles. The van der Waals surface area contributed by atoms with Crippen LogP contribution in [0.5, 0.6) is 0 Å². The molecule has 0 bridgehead atoms. The van der Waals surface area contributed by atoms with Gasteiger partial charge in [-0.05, 0) is 25.7 Å². The SMILES string of the molecule is CCc1nc(C(C)CC)sc1CNC1CC1. The molecule has 0 aliphatic heterocycles. The highest BCUT2D eigenvalue weighted by Gasteiger charge is 2.21. The van der Waals surface area contributed by atoms with Crippen LogP contribution in [0.3, 0.4) is 0 Å². The Morgan fingerprint density at radius 1 is 1.44 bits per heavy atom. The fourth-order valence-corrected chi connectivity index (χ4v) is 2.97. The highest BCUT2D eigenvalue weighted by molar-refractivity contribution is 7.11. The second kappa shape index (κ2) is 5.28. The number of nitrogens with zero attached hydrogens (tertiary/aromatic N) is 1. The minimum Gasteiger partial charge on any atom is -0.309 e. The zero-order valence-corrected chi connectivity index (χ0v) is 11.4. The van der Waals surface area contributed by atoms with Crippen LogP contribution >= 0.6 is 11.3 Å². The van der Waals surface area contributed by atoms with Gasteiger partial charge in [0.2, 0.25) is 0 Å². The molecule has 1 unspecified atom stereocenters. The Morgan fingerprint density at radius 2 is 2.19 bits per heavy atom. The summed E-state index contributed by atoms with van der Waals surface area (Å²) in [6.45, 7) is 7.74. The van der Waals surface area contributed by atoms with Crippen molar-refractivity contribution in [2.45, 2.75) is 65.0 Å². The minimum atomic E-state index is 0.616. The van der Waals surface area contributed by atoms with Crippen LogP contribution in [0.1, 0.15) is 61.5 Å². The van der Waals surface area contributed by atoms with Crippen molar-refractivity contribution in [3.63, 3.8) is 0 Å². The average molecular weight is 238 g/mol. The van der Waals surface area contributed by atoms with E-state index in [1.54, 1.807) is 0 Å². The first-order valence-electron chi connectivity index (χ1n) is 6.46. The zero-order chi connectivity index (χ0) is 11.5. The van der Waals surface area contributed by atoms with Crippen LogP contribution in [0.2, 0.25) is 0 Å². The van der Waals surface area contributed by atoms with Gasteiger partial charge in [0, 0.05) is 23.4 Å². The van der Waals surface area contributed by atoms with Gasteiger partial charge in [-0.15, -0.1) is 11.3 Å². The van der Waals surface area contributed by atoms with Crippen molar-refractivity contribution < 1.29 is 0 Å². The quantitative estimate of drug-likeness (QED) is 0.821. The monoisotopic (exact) mass is 238 g/mol. The maximum atomic E-state index is 4.78. The topological polar surface area (TPSA) is 24.9 Å². The molecular formula is C13H22N2S. The van der Waals surface area contributed by atoms with Crippen molar-refractivity contribution in [1.29, 1.82) is 0 Å². The molecule has 1 aliphatic carbocycles. The third-order valence-corrected chi connectivity index (χ3v) is 4.62. The molecule has 0 amide bonds. The molecule has 16 heavy (non-hydrogen) atoms. The number of hydrogen-bond donors (Lipinski definition) is 1. The Labute approximate surface area is 102 Å². The van der Waals surface area contributed by atoms with Crippen LogP contribution in [-0.2, 0) is 13.0 Å². The largest absolute Gasteiger partial charge is 0.309 e. The van der Waals surface area contributed by atoms with Gasteiger partial charge in [-0.1, -0.05) is 20.8 Å². The first kappa shape index (κ1) is 12.1. The summed E-state index contributed by atoms with van der Waals surface area (Å²) in [5.41, 5.74) is 1.31. The highest BCUT2D eigenvalue weighted by atomic mass is 32.1. The van der Waals surface area contributed by atoms with Gasteiger partial charge in [0.1, 0.15) is 0 Å². The number of hydrogen-bond acceptors (Lipinski definition) is 3. The Kier molecular flexibility index (Phi) is 3.98. The summed E-state index contributed by atoms with van der Waals surface area (Å²) in [7, 11) is 0. The molecule has 2 rings (SSSR count). The third kappa shape index (κ3) is 2.83. The summed E-state index contributed by atoms with van der Waals surface area (Å²) in [4.78, 5) is 6.24. The second-order valence-corrected chi connectivity index (χ2v) is 5.86. The lowest BCUT2D eigenvalue weighted by Gasteiger charge is -2.02. The van der Waals surface area contributed by atoms with Crippen LogP contribution in [0.15, 0.2) is 0 Å². The van der Waals surface area contributed by atoms with Crippen LogP contribution in [0.4, 0.5) is 0 Å². The van der Waals surface area contributed by atoms with Gasteiger partial charge in [-0.2, -0.15) is 0 Å². The summed E-state index contributed by atoms with van der Waals surface area (Å²) in [6, 6.07) is 0.791. The van der Waals surface area contributed by atoms with Crippen molar-refractivity contribution in [3.8, 4) is 0 Å². The van der Waals surface area contributed by atoms with E-state index in [1.807, 2.05) is 11.3 Å². The summed E-state index contributed by atoms with van der Waals surface area (Å²) in [5.74, 6) is 0.616. The minimum absolute atomic E-state index is 0.616. The fraction of sp³-hybridized carbons (Fsp3) is 0.769. The Balaban J connectivity index is 2.05. The second-order valence-electron chi connectivity index (χ2n) is 4.74. The molecule has 1 aromatic rings. The average Bonchev–Trinajstić information content (AvgIpc) is 3.04. The van der Waals surface area contributed by atoms with E-state index in [0.717, 1.165) is 19.0 Å². The number of aromatic nitrogens is 1. The summed E-state index contributed by atoms with van der Waals surface area (Å²) in [6.07, 6.45) is 4.97. The van der Waals surface area contributed by atoms with E-state index < -0.39 is 0 Å². The van der Waals surface area contributed by atoms with Crippen LogP contribution in [-0.4, -0.2) is 11.0 Å². The Hall–Kier alpha value is -0.410. The van der Waals surface area contributed by atoms with E-state index >= 15 is 0 Å². The number of aryl methyl sites for hydroxylation is 1. The molecular weight excluding hydrogens is 216 g/mol. The van der Waals surface area contributed by atoms with Crippen molar-refractivity contribution in [1.82, 2.24) is 10.3 Å². The lowest BCUT2D eigenvalue weighted by atomic mass is 10.1. The standard InChI is InChI=1S/C13H22N2S/c1-4-9(3)13-15-11(5-2)12(16-13)8-14-10-6-7-10/h9-10,14H,4-8H2,1-3H3. The smallest absolute Gasteiger partial charge is 0.0959 e. The summed E-state index contributed by atoms with van der Waals surface area (Å²) >= 11 is 1.91. The van der Waals surface area contributed by atoms with Gasteiger partial charge in [0.05, 0.1) is 10.7 Å². The molecule has 0 radical (unpaired) electrons. The summed E-state index contributed by atoms with van der Waals surface area (Å²) < 4.78 is 0. The molecule has 1 atom stereocenters. The maximum Gasteiger partial charge on any atom is 0.0959 e. The first-order chi connectivity index (χ1) is 7.74. The van der Waals surface area contributed by atoms with E-state index in [0.29, 0.717) is 5.92 Å². The molecule has 90 valence electrons. The predicted octanol–water partition coefficient (Wildman–Crippen LogP) is 3.47. The number of nitrogens with one attached hydrogen (secondary N) is 1. The molecule has 1 fully saturated rings. The Morgan fingerprint density at radius 3 is 2.75 bits per heavy atom. The van der Waals surface area contributed by atoms with E-state index in [2.05, 4.69) is 26.1 Å². The van der Waals surface area contributed by atoms with Crippen molar-refractivity contribution in [2.75, 3.05) is 0 Å². The molecule has 1 aromatic heterocycles. The first-order valence-corrected chi connectivity index (χ1v) is 7.28. The third-order valence-electron chi connectivity index (χ3n) is 3.29. The van der Waals surface area contributed by atoms with E-state index in [9.17, 15) is 0 Å². The molecule has 2 nitrogen and oxygen atoms in total. The number of rotatable bonds is 6. The highest BCUT2D eigenvalue weighted by Crippen LogP contribution is 2.28. The number of thiazole rings is 1. The van der Waals surface area contributed by atoms with Crippen LogP contribution < -0.4 is 5.32 Å². The molecule has 0 saturated heterocycles. The fourth-order valence-electron chi connectivity index (χ4n) is 1.73. The maximum absolute atomic E-state index is 4.78. The van der Waals surface area contributed by atoms with Crippen LogP contribution in [0, 0.1) is 0 Å². The van der Waals surface area contributed by atoms with Gasteiger partial charge in [-0.3, -0.25) is 0 Å². The molecule has 0 aromatic carbocycles. The Bertz CT molecular complexity index is 342. The van der Waals surface area contributed by atoms with E-state index in [1.165, 1.54) is 34.8 Å². The molecule has 1 aliphatic rings. The van der Waals surface area contributed by atoms with Crippen molar-refractivity contribution in [2.24, 2.45) is 0 Å². The predicted molar refractivity (Wildman–Crippen MR) is 70.1 cm³/mol. The summed E-state index contributed by atoms with van der Waals surface area (Å²) in [5, 5.41) is 4.91. The van der Waals surface area contributed by atoms with Gasteiger partial charge >= 0.3 is 0 Å². The molecule has 1 heterocycles. The lowest BCUT2D eigenvalue weighted by molar-refractivity contribution is 0.688. The van der Waals surface area contributed by atoms with E-state index in [4.69, 9.17) is 4.98 Å². The molecule has 3 heteroatoms. The van der Waals surface area contributed by atoms with Crippen molar-refractivity contribution in [3.05, 3.63) is 15.6 Å². The van der Waals surface area contributed by atoms with Crippen LogP contribution in [0.25, 0.3) is 0 Å². The normalized spacial score (nSPS) is 17.7. The van der Waals surface area contributed by atoms with Gasteiger partial charge in [-0.25, -0.2) is 4.98 Å². The van der Waals surface area contributed by atoms with Gasteiger partial charge < -0.3 is 5.32 Å². The van der Waals surface area contributed by atoms with Gasteiger partial charge in [0.15, 0.2) is 0 Å². The van der Waals surface area contributed by atoms with E-state index in [-0.39, 0.29) is 0 Å². The molecule has 0 spiro atoms. The lowest BCUT2D eigenvalue weighted by Crippen LogP contribution is -2.15. The van der Waals surface area contributed by atoms with Gasteiger partial charge in [0.25, 0.3) is 0 Å².